The largest absolute Gasteiger partial charge is 0.296 e. The zero-order chi connectivity index (χ0) is 20.6. The molecule has 4 nitrogen and oxygen atoms in total. The van der Waals surface area contributed by atoms with Crippen LogP contribution in [0.4, 0.5) is 0 Å². The summed E-state index contributed by atoms with van der Waals surface area (Å²) in [5.41, 5.74) is 4.52. The summed E-state index contributed by atoms with van der Waals surface area (Å²) in [7, 11) is -3.67. The van der Waals surface area contributed by atoms with Crippen LogP contribution in [0.25, 0.3) is 0 Å². The third-order valence-electron chi connectivity index (χ3n) is 6.13. The Balaban J connectivity index is 0.00000256. The summed E-state index contributed by atoms with van der Waals surface area (Å²) in [5.74, 6) is 0. The van der Waals surface area contributed by atoms with Gasteiger partial charge in [-0.25, -0.2) is 8.42 Å². The van der Waals surface area contributed by atoms with E-state index in [0.29, 0.717) is 24.2 Å². The number of hydrogen-bond donors (Lipinski definition) is 0. The van der Waals surface area contributed by atoms with Crippen molar-refractivity contribution in [2.24, 2.45) is 0 Å². The van der Waals surface area contributed by atoms with Crippen molar-refractivity contribution >= 4 is 45.6 Å². The Kier molecular flexibility index (Phi) is 7.76. The fourth-order valence-electron chi connectivity index (χ4n) is 4.73. The summed E-state index contributed by atoms with van der Waals surface area (Å²) >= 11 is 12.2. The third-order valence-corrected chi connectivity index (χ3v) is 8.82. The van der Waals surface area contributed by atoms with Gasteiger partial charge in [0.2, 0.25) is 10.0 Å². The van der Waals surface area contributed by atoms with E-state index in [-0.39, 0.29) is 22.3 Å². The van der Waals surface area contributed by atoms with Gasteiger partial charge >= 0.3 is 0 Å². The lowest BCUT2D eigenvalue weighted by atomic mass is 9.93. The van der Waals surface area contributed by atoms with Crippen molar-refractivity contribution in [1.29, 1.82) is 0 Å². The second-order valence-electron chi connectivity index (χ2n) is 7.76. The smallest absolute Gasteiger partial charge is 0.244 e. The molecule has 1 unspecified atom stereocenters. The normalized spacial score (nSPS) is 18.3. The highest BCUT2D eigenvalue weighted by molar-refractivity contribution is 7.89. The molecule has 0 fully saturated rings. The van der Waals surface area contributed by atoms with Crippen molar-refractivity contribution < 1.29 is 8.42 Å². The van der Waals surface area contributed by atoms with Gasteiger partial charge < -0.3 is 0 Å². The molecule has 1 atom stereocenters. The molecule has 30 heavy (non-hydrogen) atoms. The zero-order valence-corrected chi connectivity index (χ0v) is 20.1. The van der Waals surface area contributed by atoms with E-state index < -0.39 is 10.0 Å². The molecule has 0 saturated carbocycles. The lowest BCUT2D eigenvalue weighted by molar-refractivity contribution is 0.179. The number of nitrogens with zero attached hydrogens (tertiary/aromatic N) is 2. The van der Waals surface area contributed by atoms with Crippen LogP contribution in [0.3, 0.4) is 0 Å². The lowest BCUT2D eigenvalue weighted by Gasteiger charge is -2.35. The highest BCUT2D eigenvalue weighted by Gasteiger charge is 2.33. The predicted molar refractivity (Wildman–Crippen MR) is 126 cm³/mol. The number of sulfonamides is 1. The number of rotatable bonds is 7. The summed E-state index contributed by atoms with van der Waals surface area (Å²) in [6.45, 7) is 4.67. The summed E-state index contributed by atoms with van der Waals surface area (Å²) in [4.78, 5) is 2.62. The van der Waals surface area contributed by atoms with E-state index in [0.717, 1.165) is 32.4 Å². The van der Waals surface area contributed by atoms with Crippen molar-refractivity contribution in [3.63, 3.8) is 0 Å². The Morgan fingerprint density at radius 3 is 2.60 bits per heavy atom. The minimum Gasteiger partial charge on any atom is -0.296 e. The molecule has 2 aliphatic rings. The summed E-state index contributed by atoms with van der Waals surface area (Å²) in [6.07, 6.45) is 4.18. The van der Waals surface area contributed by atoms with Gasteiger partial charge in [-0.1, -0.05) is 48.3 Å². The van der Waals surface area contributed by atoms with E-state index >= 15 is 0 Å². The average molecular weight is 490 g/mol. The first-order chi connectivity index (χ1) is 13.9. The van der Waals surface area contributed by atoms with Gasteiger partial charge in [0, 0.05) is 37.2 Å². The molecule has 2 aromatic rings. The van der Waals surface area contributed by atoms with Crippen molar-refractivity contribution in [3.05, 3.63) is 63.1 Å². The van der Waals surface area contributed by atoms with Gasteiger partial charge in [0.15, 0.2) is 0 Å². The highest BCUT2D eigenvalue weighted by Crippen LogP contribution is 2.41. The highest BCUT2D eigenvalue weighted by atomic mass is 35.5. The molecule has 0 radical (unpaired) electrons. The van der Waals surface area contributed by atoms with Gasteiger partial charge in [-0.3, -0.25) is 4.90 Å². The van der Waals surface area contributed by atoms with Gasteiger partial charge in [0.1, 0.15) is 4.90 Å². The maximum absolute atomic E-state index is 13.1. The predicted octanol–water partition coefficient (Wildman–Crippen LogP) is 5.36. The maximum atomic E-state index is 13.1. The Bertz CT molecular complexity index is 1010. The fraction of sp³-hybridized carbons (Fsp3) is 0.455. The number of aryl methyl sites for hydroxylation is 1. The molecule has 0 saturated heterocycles. The van der Waals surface area contributed by atoms with Crippen LogP contribution in [0.2, 0.25) is 10.0 Å². The van der Waals surface area contributed by atoms with Gasteiger partial charge in [-0.05, 0) is 60.6 Å². The summed E-state index contributed by atoms with van der Waals surface area (Å²) in [6, 6.07) is 11.7. The van der Waals surface area contributed by atoms with E-state index in [2.05, 4.69) is 23.1 Å². The first-order valence-electron chi connectivity index (χ1n) is 10.2. The quantitative estimate of drug-likeness (QED) is 0.525. The maximum Gasteiger partial charge on any atom is 0.244 e. The van der Waals surface area contributed by atoms with Crippen LogP contribution in [0.5, 0.6) is 0 Å². The fourth-order valence-corrected chi connectivity index (χ4v) is 6.96. The van der Waals surface area contributed by atoms with E-state index in [9.17, 15) is 8.42 Å². The number of halogens is 3. The molecule has 1 heterocycles. The number of hydrogen-bond acceptors (Lipinski definition) is 3. The van der Waals surface area contributed by atoms with Gasteiger partial charge in [0.25, 0.3) is 0 Å². The first-order valence-corrected chi connectivity index (χ1v) is 12.4. The van der Waals surface area contributed by atoms with Crippen LogP contribution in [0, 0.1) is 0 Å². The third kappa shape index (κ3) is 4.52. The van der Waals surface area contributed by atoms with Crippen LogP contribution < -0.4 is 0 Å². The molecule has 2 aromatic carbocycles. The SMILES string of the molecule is CCN(CCCN1CCc2cccc3c2C1CC3)S(=O)(=O)c1cc(Cl)ccc1Cl.Cl. The topological polar surface area (TPSA) is 40.6 Å². The number of benzene rings is 2. The van der Waals surface area contributed by atoms with Crippen LogP contribution in [-0.4, -0.2) is 43.8 Å². The molecular formula is C22H27Cl3N2O2S. The summed E-state index contributed by atoms with van der Waals surface area (Å²) in [5, 5.41) is 0.576. The Hall–Kier alpha value is -0.820. The van der Waals surface area contributed by atoms with E-state index in [1.807, 2.05) is 6.92 Å². The zero-order valence-electron chi connectivity index (χ0n) is 17.0. The minimum atomic E-state index is -3.67. The molecular weight excluding hydrogens is 463 g/mol. The monoisotopic (exact) mass is 488 g/mol. The molecule has 1 aliphatic heterocycles. The van der Waals surface area contributed by atoms with E-state index in [1.165, 1.54) is 39.5 Å². The van der Waals surface area contributed by atoms with Crippen LogP contribution in [-0.2, 0) is 22.9 Å². The Morgan fingerprint density at radius 1 is 1.13 bits per heavy atom. The molecule has 8 heteroatoms. The van der Waals surface area contributed by atoms with E-state index in [1.54, 1.807) is 6.07 Å². The van der Waals surface area contributed by atoms with E-state index in [4.69, 9.17) is 23.2 Å². The van der Waals surface area contributed by atoms with Gasteiger partial charge in [0.05, 0.1) is 5.02 Å². The lowest BCUT2D eigenvalue weighted by Crippen LogP contribution is -2.38. The molecule has 1 aliphatic carbocycles. The molecule has 4 rings (SSSR count). The molecule has 0 amide bonds. The van der Waals surface area contributed by atoms with Gasteiger partial charge in [-0.2, -0.15) is 4.31 Å². The minimum absolute atomic E-state index is 0. The standard InChI is InChI=1S/C22H26Cl2N2O2S.ClH/c1-2-26(29(27,28)21-15-18(23)8-9-19(21)24)13-4-12-25-14-11-17-6-3-5-16-7-10-20(25)22(16)17;/h3,5-6,8-9,15,20H,2,4,7,10-14H2,1H3;1H. The molecule has 0 N–H and O–H groups in total. The average Bonchev–Trinajstić information content (AvgIpc) is 3.14. The summed E-state index contributed by atoms with van der Waals surface area (Å²) < 4.78 is 27.7. The van der Waals surface area contributed by atoms with Crippen molar-refractivity contribution in [1.82, 2.24) is 9.21 Å². The van der Waals surface area contributed by atoms with Crippen molar-refractivity contribution in [3.8, 4) is 0 Å². The van der Waals surface area contributed by atoms with Crippen LogP contribution in [0.1, 0.15) is 42.5 Å². The van der Waals surface area contributed by atoms with Crippen molar-refractivity contribution in [2.45, 2.75) is 43.5 Å². The second kappa shape index (κ2) is 9.76. The Labute approximate surface area is 195 Å². The molecule has 164 valence electrons. The second-order valence-corrected chi connectivity index (χ2v) is 10.5. The van der Waals surface area contributed by atoms with Crippen LogP contribution in [0.15, 0.2) is 41.3 Å². The van der Waals surface area contributed by atoms with Crippen LogP contribution >= 0.6 is 35.6 Å². The van der Waals surface area contributed by atoms with Crippen molar-refractivity contribution in [2.75, 3.05) is 26.2 Å². The molecule has 0 spiro atoms. The van der Waals surface area contributed by atoms with Gasteiger partial charge in [-0.15, -0.1) is 12.4 Å². The molecule has 0 aromatic heterocycles. The first kappa shape index (κ1) is 23.8. The Morgan fingerprint density at radius 2 is 1.87 bits per heavy atom. The molecule has 0 bridgehead atoms.